The molecule has 2 aliphatic carbocycles. The summed E-state index contributed by atoms with van der Waals surface area (Å²) in [6, 6.07) is 17.3. The fourth-order valence-corrected chi connectivity index (χ4v) is 6.13. The van der Waals surface area contributed by atoms with Crippen LogP contribution >= 0.6 is 12.6 Å². The summed E-state index contributed by atoms with van der Waals surface area (Å²) in [7, 11) is 0. The van der Waals surface area contributed by atoms with Crippen LogP contribution in [0, 0.1) is 17.3 Å². The molecule has 0 amide bonds. The van der Waals surface area contributed by atoms with E-state index < -0.39 is 11.0 Å². The second-order valence-electron chi connectivity index (χ2n) is 11.5. The van der Waals surface area contributed by atoms with Crippen LogP contribution in [-0.4, -0.2) is 18.2 Å². The highest BCUT2D eigenvalue weighted by molar-refractivity contribution is 7.80. The van der Waals surface area contributed by atoms with Crippen LogP contribution in [0.4, 0.5) is 0 Å². The molecule has 0 radical (unpaired) electrons. The normalized spacial score (nSPS) is 24.8. The number of rotatable bonds is 6. The van der Waals surface area contributed by atoms with E-state index in [4.69, 9.17) is 22.1 Å². The molecule has 0 aromatic heterocycles. The number of carbonyl (C=O) groups excluding carboxylic acids is 1. The molecule has 4 atom stereocenters. The van der Waals surface area contributed by atoms with Gasteiger partial charge in [-0.15, -0.1) is 12.6 Å². The van der Waals surface area contributed by atoms with Gasteiger partial charge in [-0.2, -0.15) is 0 Å². The van der Waals surface area contributed by atoms with Crippen molar-refractivity contribution < 1.29 is 14.3 Å². The highest BCUT2D eigenvalue weighted by Crippen LogP contribution is 2.50. The Hall–Kier alpha value is -2.04. The Labute approximate surface area is 208 Å². The average molecular weight is 477 g/mol. The van der Waals surface area contributed by atoms with E-state index in [0.29, 0.717) is 11.8 Å². The van der Waals surface area contributed by atoms with Crippen molar-refractivity contribution in [3.8, 4) is 0 Å². The van der Waals surface area contributed by atoms with Gasteiger partial charge in [0.2, 0.25) is 0 Å². The Bertz CT molecular complexity index is 1240. The molecule has 3 nitrogen and oxygen atoms in total. The van der Waals surface area contributed by atoms with Crippen LogP contribution in [0.3, 0.4) is 0 Å². The van der Waals surface area contributed by atoms with Crippen LogP contribution < -0.4 is 0 Å². The Morgan fingerprint density at radius 3 is 2.32 bits per heavy atom. The van der Waals surface area contributed by atoms with Gasteiger partial charge in [-0.25, -0.2) is 0 Å². The molecule has 0 N–H and O–H groups in total. The number of fused-ring (bicyclic) bond motifs is 5. The molecule has 5 rings (SSSR count). The number of esters is 1. The molecule has 2 bridgehead atoms. The average Bonchev–Trinajstić information content (AvgIpc) is 3.38. The topological polar surface area (TPSA) is 35.5 Å². The van der Waals surface area contributed by atoms with Gasteiger partial charge in [0.1, 0.15) is 6.10 Å². The summed E-state index contributed by atoms with van der Waals surface area (Å²) in [4.78, 5) is 13.6. The summed E-state index contributed by atoms with van der Waals surface area (Å²) in [5, 5.41) is 4.85. The first kappa shape index (κ1) is 23.7. The zero-order chi connectivity index (χ0) is 24.3. The number of hydrogen-bond donors (Lipinski definition) is 1. The van der Waals surface area contributed by atoms with Gasteiger partial charge in [-0.05, 0) is 104 Å². The predicted octanol–water partition coefficient (Wildman–Crippen LogP) is 7.68. The zero-order valence-corrected chi connectivity index (χ0v) is 21.8. The van der Waals surface area contributed by atoms with Crippen molar-refractivity contribution in [2.45, 2.75) is 83.0 Å². The molecule has 0 heterocycles. The van der Waals surface area contributed by atoms with Crippen molar-refractivity contribution in [3.05, 3.63) is 54.1 Å². The molecule has 2 saturated carbocycles. The molecule has 0 aliphatic heterocycles. The summed E-state index contributed by atoms with van der Waals surface area (Å²) < 4.78 is 12.7. The van der Waals surface area contributed by atoms with Gasteiger partial charge in [-0.1, -0.05) is 43.3 Å². The molecule has 34 heavy (non-hydrogen) atoms. The van der Waals surface area contributed by atoms with Gasteiger partial charge in [0.05, 0.1) is 17.1 Å². The summed E-state index contributed by atoms with van der Waals surface area (Å²) in [6.45, 7) is 10.3. The van der Waals surface area contributed by atoms with Gasteiger partial charge < -0.3 is 9.47 Å². The predicted molar refractivity (Wildman–Crippen MR) is 141 cm³/mol. The minimum atomic E-state index is -0.411. The van der Waals surface area contributed by atoms with Crippen LogP contribution in [0.2, 0.25) is 0 Å². The van der Waals surface area contributed by atoms with Crippen molar-refractivity contribution in [1.82, 2.24) is 0 Å². The number of hydrogen-bond acceptors (Lipinski definition) is 4. The summed E-state index contributed by atoms with van der Waals surface area (Å²) in [6.07, 6.45) is 4.03. The first-order valence-corrected chi connectivity index (χ1v) is 13.1. The van der Waals surface area contributed by atoms with E-state index in [-0.39, 0.29) is 18.2 Å². The monoisotopic (exact) mass is 476 g/mol. The fourth-order valence-electron chi connectivity index (χ4n) is 5.81. The number of carbonyl (C=O) groups is 1. The van der Waals surface area contributed by atoms with Gasteiger partial charge in [0.25, 0.3) is 0 Å². The zero-order valence-electron chi connectivity index (χ0n) is 20.9. The quantitative estimate of drug-likeness (QED) is 0.225. The van der Waals surface area contributed by atoms with Crippen LogP contribution in [0.15, 0.2) is 53.4 Å². The first-order chi connectivity index (χ1) is 16.1. The Balaban J connectivity index is 1.32. The van der Waals surface area contributed by atoms with Crippen LogP contribution in [-0.2, 0) is 19.9 Å². The van der Waals surface area contributed by atoms with E-state index in [1.807, 2.05) is 20.8 Å². The molecule has 0 saturated heterocycles. The SMILES string of the molecule is CCC(C)(C)C(=O)OC1CC2CC1CC2OC(C)(C)c1ccc2c(c1)c(S)cc1ccccc12. The molecule has 3 aromatic rings. The minimum Gasteiger partial charge on any atom is -0.462 e. The number of ether oxygens (including phenoxy) is 2. The van der Waals surface area contributed by atoms with Crippen LogP contribution in [0.5, 0.6) is 0 Å². The Morgan fingerprint density at radius 2 is 1.62 bits per heavy atom. The van der Waals surface area contributed by atoms with Gasteiger partial charge in [-0.3, -0.25) is 4.79 Å². The standard InChI is InChI=1S/C30H36O3S/c1-6-29(2,3)28(31)32-25-14-20-13-19(25)15-26(20)33-30(4,5)21-11-12-23-22-10-8-7-9-18(22)16-27(34)24(23)17-21/h7-12,16-17,19-20,25-26,34H,6,13-15H2,1-5H3. The third-order valence-corrected chi connectivity index (χ3v) is 8.77. The maximum atomic E-state index is 12.6. The molecular weight excluding hydrogens is 440 g/mol. The van der Waals surface area contributed by atoms with E-state index in [1.54, 1.807) is 0 Å². The van der Waals surface area contributed by atoms with Crippen molar-refractivity contribution >= 4 is 40.1 Å². The molecule has 2 aliphatic rings. The maximum absolute atomic E-state index is 12.6. The van der Waals surface area contributed by atoms with E-state index in [9.17, 15) is 4.79 Å². The molecule has 2 fully saturated rings. The summed E-state index contributed by atoms with van der Waals surface area (Å²) in [5.74, 6) is 0.808. The summed E-state index contributed by atoms with van der Waals surface area (Å²) >= 11 is 4.80. The molecule has 0 spiro atoms. The van der Waals surface area contributed by atoms with Gasteiger partial charge >= 0.3 is 5.97 Å². The highest BCUT2D eigenvalue weighted by atomic mass is 32.1. The molecule has 180 valence electrons. The lowest BCUT2D eigenvalue weighted by atomic mass is 9.89. The Kier molecular flexibility index (Phi) is 5.97. The van der Waals surface area contributed by atoms with Crippen molar-refractivity contribution in [1.29, 1.82) is 0 Å². The third kappa shape index (κ3) is 4.13. The molecular formula is C30H36O3S. The lowest BCUT2D eigenvalue weighted by Gasteiger charge is -2.36. The first-order valence-electron chi connectivity index (χ1n) is 12.6. The summed E-state index contributed by atoms with van der Waals surface area (Å²) in [5.41, 5.74) is 0.347. The lowest BCUT2D eigenvalue weighted by Crippen LogP contribution is -2.37. The number of thiol groups is 1. The van der Waals surface area contributed by atoms with Crippen molar-refractivity contribution in [2.75, 3.05) is 0 Å². The number of benzene rings is 3. The maximum Gasteiger partial charge on any atom is 0.311 e. The molecule has 3 aromatic carbocycles. The largest absolute Gasteiger partial charge is 0.462 e. The molecule has 4 heteroatoms. The molecule has 4 unspecified atom stereocenters. The third-order valence-electron chi connectivity index (χ3n) is 8.40. The van der Waals surface area contributed by atoms with E-state index >= 15 is 0 Å². The van der Waals surface area contributed by atoms with E-state index in [2.05, 4.69) is 62.4 Å². The van der Waals surface area contributed by atoms with Gasteiger partial charge in [0, 0.05) is 4.90 Å². The van der Waals surface area contributed by atoms with Gasteiger partial charge in [0.15, 0.2) is 0 Å². The van der Waals surface area contributed by atoms with Crippen molar-refractivity contribution in [3.63, 3.8) is 0 Å². The van der Waals surface area contributed by atoms with E-state index in [1.165, 1.54) is 21.7 Å². The lowest BCUT2D eigenvalue weighted by molar-refractivity contribution is -0.166. The highest BCUT2D eigenvalue weighted by Gasteiger charge is 2.50. The second-order valence-corrected chi connectivity index (χ2v) is 11.9. The smallest absolute Gasteiger partial charge is 0.311 e. The van der Waals surface area contributed by atoms with Crippen molar-refractivity contribution in [2.24, 2.45) is 17.3 Å². The van der Waals surface area contributed by atoms with Crippen LogP contribution in [0.1, 0.15) is 65.9 Å². The second kappa shape index (κ2) is 8.57. The Morgan fingerprint density at radius 1 is 0.912 bits per heavy atom. The minimum absolute atomic E-state index is 0.0481. The van der Waals surface area contributed by atoms with E-state index in [0.717, 1.165) is 36.0 Å². The van der Waals surface area contributed by atoms with Crippen LogP contribution in [0.25, 0.3) is 21.5 Å². The fraction of sp³-hybridized carbons (Fsp3) is 0.500.